The molecule has 132 valence electrons. The fourth-order valence-electron chi connectivity index (χ4n) is 2.42. The number of Topliss-reactive ketones (excluding diaryl/α,β-unsaturated/α-hetero) is 1. The Bertz CT molecular complexity index is 926. The summed E-state index contributed by atoms with van der Waals surface area (Å²) in [5.41, 5.74) is 3.21. The van der Waals surface area contributed by atoms with E-state index in [1.54, 1.807) is 23.2 Å². The van der Waals surface area contributed by atoms with Crippen LogP contribution in [0.25, 0.3) is 11.3 Å². The molecule has 2 aromatic carbocycles. The Morgan fingerprint density at radius 3 is 2.50 bits per heavy atom. The van der Waals surface area contributed by atoms with Gasteiger partial charge in [0.1, 0.15) is 0 Å². The molecular weight excluding hydrogens is 398 g/mol. The maximum absolute atomic E-state index is 12.3. The molecule has 0 saturated carbocycles. The van der Waals surface area contributed by atoms with Crippen molar-refractivity contribution in [1.82, 2.24) is 4.98 Å². The highest BCUT2D eigenvalue weighted by Gasteiger charge is 2.14. The molecule has 3 aromatic rings. The van der Waals surface area contributed by atoms with Crippen molar-refractivity contribution in [2.75, 3.05) is 0 Å². The van der Waals surface area contributed by atoms with Crippen LogP contribution in [0.2, 0.25) is 0 Å². The first-order valence-electron chi connectivity index (χ1n) is 7.73. The fourth-order valence-corrected chi connectivity index (χ4v) is 2.42. The zero-order valence-corrected chi connectivity index (χ0v) is 15.7. The quantitative estimate of drug-likeness (QED) is 0.276. The van der Waals surface area contributed by atoms with Crippen LogP contribution in [-0.2, 0) is 6.54 Å². The number of hydrogen-bond donors (Lipinski definition) is 0. The molecular formula is C19H17BrN3O3+. The Hall–Kier alpha value is -2.93. The predicted molar refractivity (Wildman–Crippen MR) is 102 cm³/mol. The summed E-state index contributed by atoms with van der Waals surface area (Å²) in [5.74, 6) is -0.210. The standard InChI is InChI=1S/C19H16N3O3.BrH/c1-14-5-7-15(8-6-14)18-9-10-21(13-20-18)12-19(23)16-3-2-4-17(11-16)22(24)25;/h2-11,13H,12H2,1H3;1H/q+1;. The molecule has 6 nitrogen and oxygen atoms in total. The Morgan fingerprint density at radius 1 is 1.15 bits per heavy atom. The van der Waals surface area contributed by atoms with Gasteiger partial charge in [0.15, 0.2) is 12.2 Å². The number of non-ortho nitro benzene ring substituents is 1. The number of nitro benzene ring substituents is 1. The van der Waals surface area contributed by atoms with Crippen molar-refractivity contribution in [3.63, 3.8) is 0 Å². The Kier molecular flexibility index (Phi) is 6.30. The van der Waals surface area contributed by atoms with Gasteiger partial charge in [0.25, 0.3) is 12.0 Å². The van der Waals surface area contributed by atoms with Crippen LogP contribution in [0.1, 0.15) is 15.9 Å². The van der Waals surface area contributed by atoms with Crippen LogP contribution in [0, 0.1) is 17.0 Å². The van der Waals surface area contributed by atoms with Crippen LogP contribution < -0.4 is 4.57 Å². The summed E-state index contributed by atoms with van der Waals surface area (Å²) in [5, 5.41) is 10.8. The van der Waals surface area contributed by atoms with Crippen molar-refractivity contribution < 1.29 is 14.3 Å². The fraction of sp³-hybridized carbons (Fsp3) is 0.105. The van der Waals surface area contributed by atoms with Gasteiger partial charge in [-0.25, -0.2) is 4.57 Å². The number of aryl methyl sites for hydroxylation is 1. The Balaban J connectivity index is 0.00000243. The molecule has 3 rings (SSSR count). The molecule has 0 unspecified atom stereocenters. The van der Waals surface area contributed by atoms with Gasteiger partial charge in [0, 0.05) is 29.3 Å². The van der Waals surface area contributed by atoms with Crippen molar-refractivity contribution in [2.45, 2.75) is 13.5 Å². The van der Waals surface area contributed by atoms with E-state index >= 15 is 0 Å². The third kappa shape index (κ3) is 4.58. The molecule has 7 heteroatoms. The largest absolute Gasteiger partial charge is 0.290 e. The second-order valence-electron chi connectivity index (χ2n) is 5.71. The van der Waals surface area contributed by atoms with Crippen LogP contribution in [0.3, 0.4) is 0 Å². The van der Waals surface area contributed by atoms with Crippen LogP contribution in [0.15, 0.2) is 67.1 Å². The zero-order valence-electron chi connectivity index (χ0n) is 14.0. The summed E-state index contributed by atoms with van der Waals surface area (Å²) in [7, 11) is 0. The van der Waals surface area contributed by atoms with E-state index in [0.29, 0.717) is 5.56 Å². The van der Waals surface area contributed by atoms with E-state index in [-0.39, 0.29) is 35.0 Å². The van der Waals surface area contributed by atoms with Crippen molar-refractivity contribution in [1.29, 1.82) is 0 Å². The summed E-state index contributed by atoms with van der Waals surface area (Å²) in [4.78, 5) is 27.0. The normalized spacial score (nSPS) is 10.0. The zero-order chi connectivity index (χ0) is 17.8. The van der Waals surface area contributed by atoms with Crippen molar-refractivity contribution in [2.24, 2.45) is 0 Å². The van der Waals surface area contributed by atoms with Crippen LogP contribution in [0.4, 0.5) is 5.69 Å². The lowest BCUT2D eigenvalue weighted by Crippen LogP contribution is -2.37. The average molecular weight is 415 g/mol. The molecule has 0 spiro atoms. The highest BCUT2D eigenvalue weighted by atomic mass is 79.9. The highest BCUT2D eigenvalue weighted by molar-refractivity contribution is 8.93. The first-order chi connectivity index (χ1) is 12.0. The maximum Gasteiger partial charge on any atom is 0.287 e. The van der Waals surface area contributed by atoms with E-state index in [9.17, 15) is 14.9 Å². The maximum atomic E-state index is 12.3. The van der Waals surface area contributed by atoms with Crippen molar-refractivity contribution in [3.05, 3.63) is 88.4 Å². The number of nitrogens with zero attached hydrogens (tertiary/aromatic N) is 3. The number of benzene rings is 2. The predicted octanol–water partition coefficient (Wildman–Crippen LogP) is 3.71. The third-order valence-corrected chi connectivity index (χ3v) is 3.82. The molecule has 0 bridgehead atoms. The number of carbonyl (C=O) groups is 1. The van der Waals surface area contributed by atoms with E-state index in [2.05, 4.69) is 4.98 Å². The molecule has 0 N–H and O–H groups in total. The van der Waals surface area contributed by atoms with Crippen molar-refractivity contribution >= 4 is 28.5 Å². The van der Waals surface area contributed by atoms with E-state index in [1.807, 2.05) is 37.3 Å². The van der Waals surface area contributed by atoms with E-state index in [1.165, 1.54) is 23.8 Å². The molecule has 26 heavy (non-hydrogen) atoms. The average Bonchev–Trinajstić information content (AvgIpc) is 2.63. The van der Waals surface area contributed by atoms with Gasteiger partial charge in [-0.05, 0) is 11.9 Å². The van der Waals surface area contributed by atoms with Crippen LogP contribution >= 0.6 is 17.0 Å². The lowest BCUT2D eigenvalue weighted by molar-refractivity contribution is -0.686. The minimum absolute atomic E-state index is 0. The molecule has 1 heterocycles. The number of rotatable bonds is 5. The van der Waals surface area contributed by atoms with Gasteiger partial charge in [0.2, 0.25) is 5.78 Å². The van der Waals surface area contributed by atoms with Gasteiger partial charge in [-0.15, -0.1) is 17.0 Å². The third-order valence-electron chi connectivity index (χ3n) is 3.82. The monoisotopic (exact) mass is 414 g/mol. The first-order valence-corrected chi connectivity index (χ1v) is 7.73. The molecule has 0 aliphatic carbocycles. The van der Waals surface area contributed by atoms with E-state index < -0.39 is 4.92 Å². The minimum atomic E-state index is -0.512. The van der Waals surface area contributed by atoms with Gasteiger partial charge in [-0.3, -0.25) is 14.9 Å². The van der Waals surface area contributed by atoms with Crippen LogP contribution in [-0.4, -0.2) is 15.7 Å². The second kappa shape index (κ2) is 8.44. The van der Waals surface area contributed by atoms with Gasteiger partial charge in [0.05, 0.1) is 11.1 Å². The summed E-state index contributed by atoms with van der Waals surface area (Å²) < 4.78 is 1.65. The molecule has 0 radical (unpaired) electrons. The Labute approximate surface area is 161 Å². The number of carbonyl (C=O) groups excluding carboxylic acids is 1. The Morgan fingerprint density at radius 2 is 1.88 bits per heavy atom. The van der Waals surface area contributed by atoms with Gasteiger partial charge in [-0.2, -0.15) is 0 Å². The summed E-state index contributed by atoms with van der Waals surface area (Å²) in [6.45, 7) is 2.10. The SMILES string of the molecule is Br.Cc1ccc(-c2cc[n+](CC(=O)c3cccc([N+](=O)[O-])c3)cn2)cc1. The molecule has 0 amide bonds. The molecule has 0 atom stereocenters. The molecule has 0 saturated heterocycles. The topological polar surface area (TPSA) is 77.0 Å². The number of nitro groups is 1. The number of hydrogen-bond acceptors (Lipinski definition) is 4. The lowest BCUT2D eigenvalue weighted by Gasteiger charge is -2.01. The number of aromatic nitrogens is 2. The molecule has 1 aromatic heterocycles. The van der Waals surface area contributed by atoms with Crippen molar-refractivity contribution in [3.8, 4) is 11.3 Å². The molecule has 0 fully saturated rings. The molecule has 0 aliphatic rings. The first kappa shape index (κ1) is 19.4. The number of halogens is 1. The summed E-state index contributed by atoms with van der Waals surface area (Å²) in [6.07, 6.45) is 3.36. The smallest absolute Gasteiger partial charge is 0.287 e. The molecule has 0 aliphatic heterocycles. The summed E-state index contributed by atoms with van der Waals surface area (Å²) >= 11 is 0. The highest BCUT2D eigenvalue weighted by Crippen LogP contribution is 2.16. The minimum Gasteiger partial charge on any atom is -0.290 e. The van der Waals surface area contributed by atoms with Crippen LogP contribution in [0.5, 0.6) is 0 Å². The van der Waals surface area contributed by atoms with Gasteiger partial charge >= 0.3 is 0 Å². The number of ketones is 1. The second-order valence-corrected chi connectivity index (χ2v) is 5.71. The van der Waals surface area contributed by atoms with Gasteiger partial charge < -0.3 is 0 Å². The summed E-state index contributed by atoms with van der Waals surface area (Å²) in [6, 6.07) is 15.6. The van der Waals surface area contributed by atoms with Gasteiger partial charge in [-0.1, -0.05) is 42.0 Å². The lowest BCUT2D eigenvalue weighted by atomic mass is 10.1. The van der Waals surface area contributed by atoms with E-state index in [4.69, 9.17) is 0 Å². The van der Waals surface area contributed by atoms with E-state index in [0.717, 1.165) is 11.3 Å².